The number of halogens is 1. The van der Waals surface area contributed by atoms with E-state index >= 15 is 0 Å². The Kier molecular flexibility index (Phi) is 4.89. The highest BCUT2D eigenvalue weighted by Gasteiger charge is 2.45. The summed E-state index contributed by atoms with van der Waals surface area (Å²) in [5.74, 6) is 0.00475. The van der Waals surface area contributed by atoms with Gasteiger partial charge >= 0.3 is 0 Å². The minimum atomic E-state index is -0.289. The van der Waals surface area contributed by atoms with Gasteiger partial charge in [0.05, 0.1) is 18.4 Å². The molecular weight excluding hydrogens is 378 g/mol. The molecule has 4 heterocycles. The molecule has 1 amide bonds. The Labute approximate surface area is 168 Å². The van der Waals surface area contributed by atoms with Gasteiger partial charge in [0.25, 0.3) is 5.56 Å². The monoisotopic (exact) mass is 401 g/mol. The Morgan fingerprint density at radius 3 is 2.71 bits per heavy atom. The van der Waals surface area contributed by atoms with Crippen molar-refractivity contribution in [1.82, 2.24) is 14.7 Å². The van der Waals surface area contributed by atoms with Gasteiger partial charge < -0.3 is 10.2 Å². The number of piperidine rings is 1. The van der Waals surface area contributed by atoms with Gasteiger partial charge in [-0.1, -0.05) is 23.7 Å². The van der Waals surface area contributed by atoms with Crippen LogP contribution in [0.2, 0.25) is 5.02 Å². The summed E-state index contributed by atoms with van der Waals surface area (Å²) in [5.41, 5.74) is 3.44. The summed E-state index contributed by atoms with van der Waals surface area (Å²) in [6.07, 6.45) is 2.70. The topological polar surface area (TPSA) is 70.5 Å². The fourth-order valence-corrected chi connectivity index (χ4v) is 4.38. The maximum atomic E-state index is 12.6. The van der Waals surface area contributed by atoms with Gasteiger partial charge in [0.15, 0.2) is 0 Å². The normalized spacial score (nSPS) is 21.4. The second-order valence-electron chi connectivity index (χ2n) is 7.76. The molecule has 0 spiro atoms. The third-order valence-corrected chi connectivity index (χ3v) is 6.09. The Hall–Kier alpha value is -2.38. The first-order valence-electron chi connectivity index (χ1n) is 9.43. The van der Waals surface area contributed by atoms with E-state index in [1.165, 1.54) is 4.68 Å². The van der Waals surface area contributed by atoms with E-state index in [1.54, 1.807) is 13.2 Å². The lowest BCUT2D eigenvalue weighted by atomic mass is 9.87. The second kappa shape index (κ2) is 7.22. The fraction of sp³-hybridized carbons (Fsp3) is 0.450. The van der Waals surface area contributed by atoms with Crippen LogP contribution < -0.4 is 15.8 Å². The molecule has 2 unspecified atom stereocenters. The van der Waals surface area contributed by atoms with Crippen LogP contribution in [0.4, 0.5) is 11.4 Å². The molecule has 148 valence electrons. The number of aryl methyl sites for hydroxylation is 3. The maximum Gasteiger partial charge on any atom is 0.287 e. The number of nitrogens with one attached hydrogen (secondary N) is 1. The highest BCUT2D eigenvalue weighted by Crippen LogP contribution is 2.35. The van der Waals surface area contributed by atoms with Crippen molar-refractivity contribution in [3.8, 4) is 0 Å². The van der Waals surface area contributed by atoms with E-state index in [-0.39, 0.29) is 28.6 Å². The number of amides is 1. The second-order valence-corrected chi connectivity index (χ2v) is 8.14. The third-order valence-electron chi connectivity index (χ3n) is 5.74. The molecule has 1 aromatic heterocycles. The molecule has 2 bridgehead atoms. The Balaban J connectivity index is 1.40. The number of fused-ring (bicyclic) bond motifs is 2. The number of carbonyl (C=O) groups is 1. The number of aromatic nitrogens is 2. The van der Waals surface area contributed by atoms with Crippen LogP contribution in [-0.4, -0.2) is 52.3 Å². The van der Waals surface area contributed by atoms with Crippen LogP contribution in [0.15, 0.2) is 29.2 Å². The molecule has 1 aromatic carbocycles. The zero-order valence-electron chi connectivity index (χ0n) is 16.3. The largest absolute Gasteiger partial charge is 0.366 e. The van der Waals surface area contributed by atoms with Gasteiger partial charge in [-0.3, -0.25) is 14.5 Å². The lowest BCUT2D eigenvalue weighted by molar-refractivity contribution is -0.121. The predicted molar refractivity (Wildman–Crippen MR) is 110 cm³/mol. The highest BCUT2D eigenvalue weighted by atomic mass is 35.5. The van der Waals surface area contributed by atoms with Gasteiger partial charge in [0.1, 0.15) is 5.02 Å². The van der Waals surface area contributed by atoms with Crippen molar-refractivity contribution in [3.63, 3.8) is 0 Å². The number of piperazine rings is 1. The number of anilines is 2. The average Bonchev–Trinajstić information content (AvgIpc) is 2.67. The zero-order valence-corrected chi connectivity index (χ0v) is 17.0. The quantitative estimate of drug-likeness (QED) is 0.848. The Bertz CT molecular complexity index is 977. The molecule has 3 fully saturated rings. The van der Waals surface area contributed by atoms with Gasteiger partial charge in [-0.2, -0.15) is 5.10 Å². The predicted octanol–water partition coefficient (Wildman–Crippen LogP) is 1.95. The lowest BCUT2D eigenvalue weighted by Gasteiger charge is -2.56. The minimum Gasteiger partial charge on any atom is -0.366 e. The first-order valence-corrected chi connectivity index (χ1v) is 9.81. The van der Waals surface area contributed by atoms with Gasteiger partial charge in [-0.25, -0.2) is 4.68 Å². The summed E-state index contributed by atoms with van der Waals surface area (Å²) >= 11 is 6.24. The van der Waals surface area contributed by atoms with Crippen molar-refractivity contribution < 1.29 is 4.79 Å². The van der Waals surface area contributed by atoms with E-state index in [4.69, 9.17) is 11.6 Å². The molecule has 0 aliphatic carbocycles. The Morgan fingerprint density at radius 1 is 1.29 bits per heavy atom. The molecular formula is C20H24ClN5O2. The molecule has 2 atom stereocenters. The third kappa shape index (κ3) is 3.40. The summed E-state index contributed by atoms with van der Waals surface area (Å²) < 4.78 is 1.24. The SMILES string of the molecule is Cc1ccc(C)c(NC(=O)CN2C3CC2CN(c2cnn(C)c(=O)c2Cl)C3)c1. The molecule has 1 N–H and O–H groups in total. The van der Waals surface area contributed by atoms with Gasteiger partial charge in [-0.05, 0) is 37.5 Å². The summed E-state index contributed by atoms with van der Waals surface area (Å²) in [6.45, 7) is 5.86. The van der Waals surface area contributed by atoms with E-state index in [9.17, 15) is 9.59 Å². The molecule has 5 rings (SSSR count). The number of rotatable bonds is 4. The van der Waals surface area contributed by atoms with Crippen molar-refractivity contribution in [3.05, 3.63) is 50.9 Å². The number of hydrogen-bond acceptors (Lipinski definition) is 5. The van der Waals surface area contributed by atoms with Crippen LogP contribution in [0, 0.1) is 13.8 Å². The number of hydrogen-bond donors (Lipinski definition) is 1. The maximum absolute atomic E-state index is 12.6. The Morgan fingerprint density at radius 2 is 2.00 bits per heavy atom. The standard InChI is InChI=1S/C20H24ClN5O2/c1-12-4-5-13(2)16(6-12)23-18(27)11-26-14-7-15(26)10-25(9-14)17-8-22-24(3)20(28)19(17)21/h4-6,8,14-15H,7,9-11H2,1-3H3,(H,23,27). The van der Waals surface area contributed by atoms with Crippen molar-refractivity contribution in [2.75, 3.05) is 29.9 Å². The van der Waals surface area contributed by atoms with Gasteiger partial charge in [-0.15, -0.1) is 0 Å². The molecule has 3 saturated heterocycles. The summed E-state index contributed by atoms with van der Waals surface area (Å²) in [7, 11) is 1.59. The number of carbonyl (C=O) groups excluding carboxylic acids is 1. The van der Waals surface area contributed by atoms with Crippen molar-refractivity contribution in [2.45, 2.75) is 32.4 Å². The first kappa shape index (κ1) is 19.0. The van der Waals surface area contributed by atoms with Crippen LogP contribution in [0.3, 0.4) is 0 Å². The van der Waals surface area contributed by atoms with Gasteiger partial charge in [0, 0.05) is 37.9 Å². The molecule has 2 aromatic rings. The molecule has 0 radical (unpaired) electrons. The lowest BCUT2D eigenvalue weighted by Crippen LogP contribution is -2.69. The number of nitrogens with zero attached hydrogens (tertiary/aromatic N) is 4. The number of benzene rings is 1. The van der Waals surface area contributed by atoms with Crippen molar-refractivity contribution in [1.29, 1.82) is 0 Å². The van der Waals surface area contributed by atoms with Crippen LogP contribution in [-0.2, 0) is 11.8 Å². The molecule has 8 heteroatoms. The molecule has 7 nitrogen and oxygen atoms in total. The van der Waals surface area contributed by atoms with Crippen molar-refractivity contribution >= 4 is 28.9 Å². The van der Waals surface area contributed by atoms with Gasteiger partial charge in [0.2, 0.25) is 5.91 Å². The van der Waals surface area contributed by atoms with E-state index in [0.717, 1.165) is 36.3 Å². The molecule has 3 aliphatic heterocycles. The summed E-state index contributed by atoms with van der Waals surface area (Å²) in [5, 5.41) is 7.33. The molecule has 0 saturated carbocycles. The van der Waals surface area contributed by atoms with Crippen LogP contribution in [0.5, 0.6) is 0 Å². The van der Waals surface area contributed by atoms with E-state index in [0.29, 0.717) is 12.2 Å². The smallest absolute Gasteiger partial charge is 0.287 e. The summed E-state index contributed by atoms with van der Waals surface area (Å²) in [6, 6.07) is 6.61. The van der Waals surface area contributed by atoms with E-state index < -0.39 is 0 Å². The first-order chi connectivity index (χ1) is 13.3. The molecule has 28 heavy (non-hydrogen) atoms. The van der Waals surface area contributed by atoms with E-state index in [1.807, 2.05) is 32.0 Å². The average molecular weight is 402 g/mol. The van der Waals surface area contributed by atoms with E-state index in [2.05, 4.69) is 20.2 Å². The molecule has 3 aliphatic rings. The van der Waals surface area contributed by atoms with Crippen molar-refractivity contribution in [2.24, 2.45) is 7.05 Å². The highest BCUT2D eigenvalue weighted by molar-refractivity contribution is 6.33. The summed E-state index contributed by atoms with van der Waals surface area (Å²) in [4.78, 5) is 28.9. The fourth-order valence-electron chi connectivity index (χ4n) is 4.09. The zero-order chi connectivity index (χ0) is 20.0. The van der Waals surface area contributed by atoms with Crippen LogP contribution >= 0.6 is 11.6 Å². The van der Waals surface area contributed by atoms with Crippen LogP contribution in [0.1, 0.15) is 17.5 Å². The van der Waals surface area contributed by atoms with Crippen LogP contribution in [0.25, 0.3) is 0 Å². The minimum absolute atomic E-state index is 0.00475.